The Bertz CT molecular complexity index is 1170. The van der Waals surface area contributed by atoms with Crippen molar-refractivity contribution in [2.75, 3.05) is 6.61 Å². The van der Waals surface area contributed by atoms with Crippen LogP contribution in [0, 0.1) is 0 Å². The molecule has 2 unspecified atom stereocenters. The summed E-state index contributed by atoms with van der Waals surface area (Å²) in [5.41, 5.74) is 0. The van der Waals surface area contributed by atoms with E-state index in [1.165, 1.54) is 276 Å². The van der Waals surface area contributed by atoms with Crippen molar-refractivity contribution in [1.82, 2.24) is 5.32 Å². The molecule has 0 aliphatic carbocycles. The number of hydrogen-bond acceptors (Lipinski definition) is 3. The maximum absolute atomic E-state index is 12.5. The van der Waals surface area contributed by atoms with Crippen molar-refractivity contribution in [3.05, 3.63) is 60.8 Å². The third kappa shape index (κ3) is 58.8. The number of hydrogen-bond donors (Lipinski definition) is 3. The van der Waals surface area contributed by atoms with Crippen LogP contribution in [0.5, 0.6) is 0 Å². The summed E-state index contributed by atoms with van der Waals surface area (Å²) in [6.45, 7) is 4.32. The number of carbonyl (C=O) groups is 1. The molecule has 0 heterocycles. The van der Waals surface area contributed by atoms with Crippen LogP contribution in [0.3, 0.4) is 0 Å². The molecule has 0 saturated carbocycles. The Morgan fingerprint density at radius 2 is 0.592 bits per heavy atom. The first kappa shape index (κ1) is 69.1. The Kier molecular flexibility index (Phi) is 60.7. The van der Waals surface area contributed by atoms with E-state index in [1.54, 1.807) is 6.08 Å². The molecule has 4 heteroatoms. The van der Waals surface area contributed by atoms with Gasteiger partial charge in [0.05, 0.1) is 18.8 Å². The SMILES string of the molecule is CCCCCCC/C=C\C/C=C\C/C=C\CCCCCCCCCCCCCCCCCCCCCCCCC(=O)NC(CO)C(O)/C=C/CC/C=C/CCCCCCCCCCCCCCCCCC. The highest BCUT2D eigenvalue weighted by Gasteiger charge is 2.18. The van der Waals surface area contributed by atoms with Crippen LogP contribution in [-0.2, 0) is 4.79 Å². The van der Waals surface area contributed by atoms with Gasteiger partial charge in [0.1, 0.15) is 0 Å². The van der Waals surface area contributed by atoms with Crippen molar-refractivity contribution >= 4 is 5.91 Å². The lowest BCUT2D eigenvalue weighted by Gasteiger charge is -2.19. The standard InChI is InChI=1S/C67H125NO3/c1-3-5-7-9-11-13-15-17-19-21-23-25-27-28-29-30-31-32-33-34-35-36-37-38-39-40-41-43-45-47-49-51-53-55-57-59-61-63-67(71)68-65(64-69)66(70)62-60-58-56-54-52-50-48-46-44-42-26-24-22-20-18-16-14-12-10-8-6-4-2/h15,17,21,23,27-28,52,54,60,62,65-66,69-70H,3-14,16,18-20,22,24-26,29-51,53,55-59,61,63-64H2,1-2H3,(H,68,71)/b17-15-,23-21-,28-27-,54-52+,62-60+. The van der Waals surface area contributed by atoms with Crippen LogP contribution in [0.2, 0.25) is 0 Å². The first-order valence-corrected chi connectivity index (χ1v) is 32.0. The Morgan fingerprint density at radius 3 is 0.915 bits per heavy atom. The predicted octanol–water partition coefficient (Wildman–Crippen LogP) is 21.5. The molecule has 0 spiro atoms. The summed E-state index contributed by atoms with van der Waals surface area (Å²) in [5, 5.41) is 23.2. The average Bonchev–Trinajstić information content (AvgIpc) is 3.37. The summed E-state index contributed by atoms with van der Waals surface area (Å²) in [7, 11) is 0. The number of allylic oxidation sites excluding steroid dienone is 9. The van der Waals surface area contributed by atoms with E-state index in [9.17, 15) is 15.0 Å². The second kappa shape index (κ2) is 62.4. The lowest BCUT2D eigenvalue weighted by molar-refractivity contribution is -0.123. The second-order valence-electron chi connectivity index (χ2n) is 21.8. The minimum atomic E-state index is -0.863. The molecule has 0 aromatic heterocycles. The summed E-state index contributed by atoms with van der Waals surface area (Å²) in [6.07, 6.45) is 88.5. The van der Waals surface area contributed by atoms with E-state index in [0.29, 0.717) is 6.42 Å². The number of aliphatic hydroxyl groups is 2. The summed E-state index contributed by atoms with van der Waals surface area (Å²) in [5.74, 6) is -0.0685. The quantitative estimate of drug-likeness (QED) is 0.0420. The van der Waals surface area contributed by atoms with Gasteiger partial charge in [-0.3, -0.25) is 4.79 Å². The lowest BCUT2D eigenvalue weighted by Crippen LogP contribution is -2.45. The highest BCUT2D eigenvalue weighted by Crippen LogP contribution is 2.18. The molecule has 1 amide bonds. The molecule has 0 saturated heterocycles. The van der Waals surface area contributed by atoms with E-state index < -0.39 is 12.1 Å². The van der Waals surface area contributed by atoms with E-state index in [1.807, 2.05) is 6.08 Å². The van der Waals surface area contributed by atoms with Gasteiger partial charge in [0.2, 0.25) is 5.91 Å². The second-order valence-corrected chi connectivity index (χ2v) is 21.8. The fraction of sp³-hybridized carbons (Fsp3) is 0.836. The number of rotatable bonds is 59. The first-order valence-electron chi connectivity index (χ1n) is 32.0. The van der Waals surface area contributed by atoms with Gasteiger partial charge in [0.25, 0.3) is 0 Å². The van der Waals surface area contributed by atoms with Crippen molar-refractivity contribution < 1.29 is 15.0 Å². The average molecular weight is 993 g/mol. The zero-order valence-corrected chi connectivity index (χ0v) is 48.0. The molecule has 0 aliphatic rings. The summed E-state index contributed by atoms with van der Waals surface area (Å²) in [6, 6.07) is -0.640. The molecule has 0 aliphatic heterocycles. The van der Waals surface area contributed by atoms with E-state index in [4.69, 9.17) is 0 Å². The number of nitrogens with one attached hydrogen (secondary N) is 1. The fourth-order valence-corrected chi connectivity index (χ4v) is 9.85. The van der Waals surface area contributed by atoms with Crippen molar-refractivity contribution in [2.24, 2.45) is 0 Å². The topological polar surface area (TPSA) is 69.6 Å². The maximum atomic E-state index is 12.5. The van der Waals surface area contributed by atoms with Gasteiger partial charge in [-0.25, -0.2) is 0 Å². The van der Waals surface area contributed by atoms with Crippen LogP contribution >= 0.6 is 0 Å². The normalized spacial score (nSPS) is 13.1. The Morgan fingerprint density at radius 1 is 0.338 bits per heavy atom. The van der Waals surface area contributed by atoms with E-state index >= 15 is 0 Å². The molecule has 2 atom stereocenters. The van der Waals surface area contributed by atoms with E-state index in [2.05, 4.69) is 67.8 Å². The molecule has 3 N–H and O–H groups in total. The highest BCUT2D eigenvalue weighted by atomic mass is 16.3. The van der Waals surface area contributed by atoms with Crippen LogP contribution in [0.15, 0.2) is 60.8 Å². The smallest absolute Gasteiger partial charge is 0.220 e. The number of unbranched alkanes of at least 4 members (excludes halogenated alkanes) is 44. The number of amides is 1. The van der Waals surface area contributed by atoms with Gasteiger partial charge in [-0.05, 0) is 70.6 Å². The van der Waals surface area contributed by atoms with Crippen LogP contribution in [0.25, 0.3) is 0 Å². The van der Waals surface area contributed by atoms with E-state index in [-0.39, 0.29) is 12.5 Å². The minimum absolute atomic E-state index is 0.0685. The van der Waals surface area contributed by atoms with Gasteiger partial charge in [0, 0.05) is 6.42 Å². The molecular weight excluding hydrogens is 867 g/mol. The van der Waals surface area contributed by atoms with Crippen LogP contribution in [-0.4, -0.2) is 34.9 Å². The zero-order valence-electron chi connectivity index (χ0n) is 48.0. The van der Waals surface area contributed by atoms with Crippen LogP contribution in [0.1, 0.15) is 341 Å². The first-order chi connectivity index (χ1) is 35.2. The molecule has 4 nitrogen and oxygen atoms in total. The minimum Gasteiger partial charge on any atom is -0.394 e. The Balaban J connectivity index is 3.46. The van der Waals surface area contributed by atoms with E-state index in [0.717, 1.165) is 44.9 Å². The third-order valence-corrected chi connectivity index (χ3v) is 14.7. The molecular formula is C67H125NO3. The molecule has 0 rings (SSSR count). The highest BCUT2D eigenvalue weighted by molar-refractivity contribution is 5.76. The lowest BCUT2D eigenvalue weighted by atomic mass is 10.0. The molecule has 0 aromatic rings. The van der Waals surface area contributed by atoms with Crippen molar-refractivity contribution in [3.8, 4) is 0 Å². The van der Waals surface area contributed by atoms with Gasteiger partial charge in [-0.1, -0.05) is 325 Å². The summed E-state index contributed by atoms with van der Waals surface area (Å²) in [4.78, 5) is 12.5. The van der Waals surface area contributed by atoms with Crippen LogP contribution in [0.4, 0.5) is 0 Å². The van der Waals surface area contributed by atoms with Gasteiger partial charge in [-0.2, -0.15) is 0 Å². The zero-order chi connectivity index (χ0) is 51.3. The molecule has 0 aromatic carbocycles. The Hall–Kier alpha value is -1.91. The maximum Gasteiger partial charge on any atom is 0.220 e. The molecule has 71 heavy (non-hydrogen) atoms. The number of aliphatic hydroxyl groups excluding tert-OH is 2. The van der Waals surface area contributed by atoms with Crippen molar-refractivity contribution in [3.63, 3.8) is 0 Å². The molecule has 0 bridgehead atoms. The largest absolute Gasteiger partial charge is 0.394 e. The molecule has 0 fully saturated rings. The van der Waals surface area contributed by atoms with Gasteiger partial charge >= 0.3 is 0 Å². The van der Waals surface area contributed by atoms with Crippen molar-refractivity contribution in [1.29, 1.82) is 0 Å². The molecule has 416 valence electrons. The summed E-state index contributed by atoms with van der Waals surface area (Å²) >= 11 is 0. The van der Waals surface area contributed by atoms with Gasteiger partial charge in [0.15, 0.2) is 0 Å². The predicted molar refractivity (Wildman–Crippen MR) is 318 cm³/mol. The van der Waals surface area contributed by atoms with Crippen molar-refractivity contribution in [2.45, 2.75) is 353 Å². The summed E-state index contributed by atoms with van der Waals surface area (Å²) < 4.78 is 0. The van der Waals surface area contributed by atoms with Gasteiger partial charge < -0.3 is 15.5 Å². The third-order valence-electron chi connectivity index (χ3n) is 14.7. The van der Waals surface area contributed by atoms with Gasteiger partial charge in [-0.15, -0.1) is 0 Å². The Labute approximate surface area is 445 Å². The monoisotopic (exact) mass is 992 g/mol. The van der Waals surface area contributed by atoms with Crippen LogP contribution < -0.4 is 5.32 Å². The molecule has 0 radical (unpaired) electrons. The fourth-order valence-electron chi connectivity index (χ4n) is 9.85. The number of carbonyl (C=O) groups excluding carboxylic acids is 1.